The van der Waals surface area contributed by atoms with Crippen LogP contribution in [0.3, 0.4) is 0 Å². The first-order valence-electron chi connectivity index (χ1n) is 6.93. The molecule has 1 heterocycles. The van der Waals surface area contributed by atoms with Gasteiger partial charge in [-0.15, -0.1) is 0 Å². The molecular formula is C15H24N2O3. The molecule has 1 aromatic rings. The third-order valence-electron chi connectivity index (χ3n) is 3.73. The van der Waals surface area contributed by atoms with Crippen molar-refractivity contribution in [3.63, 3.8) is 0 Å². The molecule has 0 amide bonds. The van der Waals surface area contributed by atoms with E-state index in [-0.39, 0.29) is 0 Å². The largest absolute Gasteiger partial charge is 0.495 e. The number of hydrogen-bond acceptors (Lipinski definition) is 5. The number of hydrogen-bond donors (Lipinski definition) is 2. The fourth-order valence-corrected chi connectivity index (χ4v) is 2.66. The summed E-state index contributed by atoms with van der Waals surface area (Å²) < 4.78 is 10.4. The molecule has 1 aliphatic heterocycles. The fraction of sp³-hybridized carbons (Fsp3) is 0.600. The number of anilines is 1. The van der Waals surface area contributed by atoms with Crippen LogP contribution in [0.4, 0.5) is 5.69 Å². The van der Waals surface area contributed by atoms with Crippen molar-refractivity contribution in [3.05, 3.63) is 23.8 Å². The van der Waals surface area contributed by atoms with Gasteiger partial charge in [0.2, 0.25) is 0 Å². The van der Waals surface area contributed by atoms with Crippen molar-refractivity contribution in [1.82, 2.24) is 4.90 Å². The Labute approximate surface area is 120 Å². The minimum absolute atomic E-state index is 0.634. The van der Waals surface area contributed by atoms with Crippen molar-refractivity contribution in [2.75, 3.05) is 39.6 Å². The third-order valence-corrected chi connectivity index (χ3v) is 3.73. The molecule has 112 valence electrons. The first-order valence-corrected chi connectivity index (χ1v) is 6.93. The average molecular weight is 280 g/mol. The van der Waals surface area contributed by atoms with Crippen molar-refractivity contribution < 1.29 is 14.6 Å². The smallest absolute Gasteiger partial charge is 0.141 e. The average Bonchev–Trinajstić information content (AvgIpc) is 2.39. The second-order valence-corrected chi connectivity index (χ2v) is 5.59. The van der Waals surface area contributed by atoms with Gasteiger partial charge in [0.05, 0.1) is 18.4 Å². The molecule has 1 aliphatic rings. The van der Waals surface area contributed by atoms with Gasteiger partial charge in [-0.25, -0.2) is 0 Å². The monoisotopic (exact) mass is 280 g/mol. The van der Waals surface area contributed by atoms with E-state index in [0.29, 0.717) is 44.0 Å². The maximum absolute atomic E-state index is 10.5. The molecule has 1 fully saturated rings. The highest BCUT2D eigenvalue weighted by Gasteiger charge is 2.30. The standard InChI is InChI=1S/C15H24N2O3/c1-17(11-15(18)5-7-20-8-6-15)10-12-3-4-14(19-2)13(16)9-12/h3-4,9,18H,5-8,10-11,16H2,1-2H3. The zero-order valence-electron chi connectivity index (χ0n) is 12.3. The minimum Gasteiger partial charge on any atom is -0.495 e. The maximum Gasteiger partial charge on any atom is 0.141 e. The van der Waals surface area contributed by atoms with Crippen molar-refractivity contribution in [2.45, 2.75) is 25.0 Å². The lowest BCUT2D eigenvalue weighted by molar-refractivity contribution is -0.0777. The first kappa shape index (κ1) is 15.1. The SMILES string of the molecule is COc1ccc(CN(C)CC2(O)CCOCC2)cc1N. The second kappa shape index (κ2) is 6.43. The Balaban J connectivity index is 1.93. The molecule has 1 saturated heterocycles. The molecule has 0 saturated carbocycles. The molecule has 1 aromatic carbocycles. The summed E-state index contributed by atoms with van der Waals surface area (Å²) in [6.07, 6.45) is 1.39. The van der Waals surface area contributed by atoms with E-state index in [2.05, 4.69) is 4.90 Å². The predicted molar refractivity (Wildman–Crippen MR) is 78.7 cm³/mol. The molecule has 0 radical (unpaired) electrons. The number of nitrogens with zero attached hydrogens (tertiary/aromatic N) is 1. The molecule has 0 aromatic heterocycles. The summed E-state index contributed by atoms with van der Waals surface area (Å²) in [7, 11) is 3.62. The Bertz CT molecular complexity index is 445. The summed E-state index contributed by atoms with van der Waals surface area (Å²) in [5, 5.41) is 10.5. The van der Waals surface area contributed by atoms with Crippen LogP contribution < -0.4 is 10.5 Å². The van der Waals surface area contributed by atoms with Crippen LogP contribution in [0.1, 0.15) is 18.4 Å². The van der Waals surface area contributed by atoms with E-state index in [0.717, 1.165) is 12.1 Å². The molecule has 3 N–H and O–H groups in total. The first-order chi connectivity index (χ1) is 9.52. The quantitative estimate of drug-likeness (QED) is 0.795. The molecule has 0 atom stereocenters. The van der Waals surface area contributed by atoms with Gasteiger partial charge in [0, 0.05) is 39.1 Å². The van der Waals surface area contributed by atoms with Gasteiger partial charge in [-0.05, 0) is 24.7 Å². The summed E-state index contributed by atoms with van der Waals surface area (Å²) in [6.45, 7) is 2.67. The minimum atomic E-state index is -0.634. The third kappa shape index (κ3) is 3.85. The van der Waals surface area contributed by atoms with Gasteiger partial charge < -0.3 is 20.3 Å². The summed E-state index contributed by atoms with van der Waals surface area (Å²) in [5.41, 5.74) is 7.03. The Kier molecular flexibility index (Phi) is 4.86. The van der Waals surface area contributed by atoms with Gasteiger partial charge in [0.15, 0.2) is 0 Å². The van der Waals surface area contributed by atoms with Gasteiger partial charge >= 0.3 is 0 Å². The molecule has 20 heavy (non-hydrogen) atoms. The van der Waals surface area contributed by atoms with Crippen molar-refractivity contribution in [1.29, 1.82) is 0 Å². The lowest BCUT2D eigenvalue weighted by Crippen LogP contribution is -2.45. The maximum atomic E-state index is 10.5. The van der Waals surface area contributed by atoms with E-state index in [1.165, 1.54) is 0 Å². The van der Waals surface area contributed by atoms with Crippen LogP contribution >= 0.6 is 0 Å². The van der Waals surface area contributed by atoms with Crippen LogP contribution in [-0.2, 0) is 11.3 Å². The number of likely N-dealkylation sites (N-methyl/N-ethyl adjacent to an activating group) is 1. The highest BCUT2D eigenvalue weighted by molar-refractivity contribution is 5.54. The summed E-state index contributed by atoms with van der Waals surface area (Å²) in [5.74, 6) is 0.694. The number of rotatable bonds is 5. The predicted octanol–water partition coefficient (Wildman–Crippen LogP) is 1.25. The molecule has 0 unspecified atom stereocenters. The van der Waals surface area contributed by atoms with Crippen LogP contribution in [0.15, 0.2) is 18.2 Å². The molecule has 0 aliphatic carbocycles. The highest BCUT2D eigenvalue weighted by atomic mass is 16.5. The topological polar surface area (TPSA) is 68.0 Å². The van der Waals surface area contributed by atoms with Crippen LogP contribution in [-0.4, -0.2) is 49.5 Å². The van der Waals surface area contributed by atoms with E-state index in [4.69, 9.17) is 15.2 Å². The molecule has 5 heteroatoms. The zero-order chi connectivity index (χ0) is 14.6. The number of ether oxygens (including phenoxy) is 2. The Morgan fingerprint density at radius 2 is 2.10 bits per heavy atom. The van der Waals surface area contributed by atoms with Crippen molar-refractivity contribution in [3.8, 4) is 5.75 Å². The normalized spacial score (nSPS) is 18.2. The number of benzene rings is 1. The van der Waals surface area contributed by atoms with Crippen molar-refractivity contribution >= 4 is 5.69 Å². The number of aliphatic hydroxyl groups is 1. The van der Waals surface area contributed by atoms with Crippen LogP contribution in [0.2, 0.25) is 0 Å². The second-order valence-electron chi connectivity index (χ2n) is 5.59. The van der Waals surface area contributed by atoms with Gasteiger partial charge in [0.25, 0.3) is 0 Å². The van der Waals surface area contributed by atoms with E-state index >= 15 is 0 Å². The fourth-order valence-electron chi connectivity index (χ4n) is 2.66. The lowest BCUT2D eigenvalue weighted by Gasteiger charge is -2.35. The summed E-state index contributed by atoms with van der Waals surface area (Å²) in [4.78, 5) is 2.12. The molecule has 0 spiro atoms. The van der Waals surface area contributed by atoms with Crippen LogP contribution in [0, 0.1) is 0 Å². The molecule has 2 rings (SSSR count). The number of nitrogen functional groups attached to an aromatic ring is 1. The van der Waals surface area contributed by atoms with Crippen LogP contribution in [0.25, 0.3) is 0 Å². The van der Waals surface area contributed by atoms with Gasteiger partial charge in [-0.2, -0.15) is 0 Å². The van der Waals surface area contributed by atoms with Crippen molar-refractivity contribution in [2.24, 2.45) is 0 Å². The van der Waals surface area contributed by atoms with E-state index < -0.39 is 5.60 Å². The van der Waals surface area contributed by atoms with E-state index in [9.17, 15) is 5.11 Å². The molecule has 5 nitrogen and oxygen atoms in total. The van der Waals surface area contributed by atoms with Gasteiger partial charge in [-0.3, -0.25) is 4.90 Å². The number of nitrogens with two attached hydrogens (primary N) is 1. The van der Waals surface area contributed by atoms with E-state index in [1.807, 2.05) is 25.2 Å². The zero-order valence-corrected chi connectivity index (χ0v) is 12.3. The van der Waals surface area contributed by atoms with Gasteiger partial charge in [-0.1, -0.05) is 6.07 Å². The van der Waals surface area contributed by atoms with Crippen LogP contribution in [0.5, 0.6) is 5.75 Å². The summed E-state index contributed by atoms with van der Waals surface area (Å²) in [6, 6.07) is 5.80. The summed E-state index contributed by atoms with van der Waals surface area (Å²) >= 11 is 0. The lowest BCUT2D eigenvalue weighted by atomic mass is 9.94. The Morgan fingerprint density at radius 1 is 1.40 bits per heavy atom. The molecule has 0 bridgehead atoms. The number of methoxy groups -OCH3 is 1. The van der Waals surface area contributed by atoms with Gasteiger partial charge in [0.1, 0.15) is 5.75 Å². The highest BCUT2D eigenvalue weighted by Crippen LogP contribution is 2.24. The van der Waals surface area contributed by atoms with E-state index in [1.54, 1.807) is 7.11 Å². The molecular weight excluding hydrogens is 256 g/mol. The Morgan fingerprint density at radius 3 is 2.70 bits per heavy atom. The Hall–Kier alpha value is -1.30.